The first kappa shape index (κ1) is 40.6. The molecule has 3 heterocycles. The molecule has 3 aliphatic rings. The van der Waals surface area contributed by atoms with Crippen molar-refractivity contribution in [3.8, 4) is 86.2 Å². The Morgan fingerprint density at radius 3 is 1.29 bits per heavy atom. The second-order valence-corrected chi connectivity index (χ2v) is 15.7. The van der Waals surface area contributed by atoms with E-state index in [0.717, 1.165) is 60.7 Å². The van der Waals surface area contributed by atoms with Gasteiger partial charge in [0.25, 0.3) is 0 Å². The molecule has 0 saturated heterocycles. The van der Waals surface area contributed by atoms with Crippen molar-refractivity contribution in [1.29, 1.82) is 0 Å². The number of fused-ring (bicyclic) bond motifs is 3. The lowest BCUT2D eigenvalue weighted by Gasteiger charge is -2.43. The molecule has 18 heteroatoms. The van der Waals surface area contributed by atoms with Gasteiger partial charge in [-0.25, -0.2) is 0 Å². The molecular formula is C45H38O18. The van der Waals surface area contributed by atoms with Crippen LogP contribution in [0.1, 0.15) is 74.7 Å². The normalized spacial score (nSPS) is 23.6. The summed E-state index contributed by atoms with van der Waals surface area (Å²) in [4.78, 5) is 0. The van der Waals surface area contributed by atoms with E-state index in [4.69, 9.17) is 14.2 Å². The molecule has 0 amide bonds. The fourth-order valence-electron chi connectivity index (χ4n) is 8.94. The van der Waals surface area contributed by atoms with E-state index in [1.807, 2.05) is 0 Å². The van der Waals surface area contributed by atoms with Crippen molar-refractivity contribution in [2.45, 2.75) is 54.9 Å². The van der Waals surface area contributed by atoms with E-state index in [0.29, 0.717) is 0 Å². The monoisotopic (exact) mass is 866 g/mol. The lowest BCUT2D eigenvalue weighted by Crippen LogP contribution is -2.39. The molecule has 0 radical (unpaired) electrons. The van der Waals surface area contributed by atoms with Gasteiger partial charge in [-0.15, -0.1) is 0 Å². The predicted molar refractivity (Wildman–Crippen MR) is 214 cm³/mol. The zero-order chi connectivity index (χ0) is 44.9. The highest BCUT2D eigenvalue weighted by atomic mass is 16.5. The van der Waals surface area contributed by atoms with Crippen LogP contribution in [0, 0.1) is 0 Å². The lowest BCUT2D eigenvalue weighted by molar-refractivity contribution is -0.00562. The van der Waals surface area contributed by atoms with Crippen LogP contribution < -0.4 is 14.2 Å². The molecule has 9 rings (SSSR count). The Bertz CT molecular complexity index is 2840. The SMILES string of the molecule is Oc1cc(O)c2c(c1)O[C@H](c1ccc(O)c(O)c1)[C@@H](O)[C@H]2c1c(O)cc(O)c2c1O[C@H](c1ccc(O)c(O)c1)[C@H](O)[C@H]2c1c(O)cc(O)c2c1O[C@H](c1ccc(O)c(O)c1)[C@@H](O)C2. The summed E-state index contributed by atoms with van der Waals surface area (Å²) >= 11 is 0. The number of aromatic hydroxyl groups is 12. The molecule has 18 nitrogen and oxygen atoms in total. The quantitative estimate of drug-likeness (QED) is 0.106. The van der Waals surface area contributed by atoms with Crippen molar-refractivity contribution in [2.75, 3.05) is 0 Å². The molecule has 0 fully saturated rings. The van der Waals surface area contributed by atoms with Gasteiger partial charge in [-0.2, -0.15) is 0 Å². The molecule has 0 bridgehead atoms. The van der Waals surface area contributed by atoms with Gasteiger partial charge < -0.3 is 90.8 Å². The largest absolute Gasteiger partial charge is 0.508 e. The highest BCUT2D eigenvalue weighted by Crippen LogP contribution is 2.62. The van der Waals surface area contributed by atoms with Gasteiger partial charge in [-0.3, -0.25) is 0 Å². The minimum atomic E-state index is -1.90. The van der Waals surface area contributed by atoms with Gasteiger partial charge in [0.15, 0.2) is 46.7 Å². The lowest BCUT2D eigenvalue weighted by atomic mass is 9.73. The number of ether oxygens (including phenoxy) is 3. The van der Waals surface area contributed by atoms with Crippen LogP contribution in [0.4, 0.5) is 0 Å². The standard InChI is InChI=1S/C45H38O18/c46-18-10-27(54)33-32(11-18)61-42(16-2-5-21(48)25(52)8-16)39(59)37(33)35-29(56)14-30(57)36-38(40(60)43(63-45(35)36)17-3-6-22(49)26(53)9-17)34-28(55)13-23(50)19-12-31(58)41(62-44(19)34)15-1-4-20(47)24(51)7-15/h1-11,13-14,31,37-43,46-60H,12H2/t31-,37+,38-,39-,40+,41+,42+,43+/m0/s1. The molecule has 3 aliphatic heterocycles. The number of hydrogen-bond donors (Lipinski definition) is 15. The molecule has 326 valence electrons. The predicted octanol–water partition coefficient (Wildman–Crippen LogP) is 4.44. The molecule has 0 spiro atoms. The van der Waals surface area contributed by atoms with Crippen LogP contribution in [-0.2, 0) is 6.42 Å². The second-order valence-electron chi connectivity index (χ2n) is 15.7. The summed E-state index contributed by atoms with van der Waals surface area (Å²) in [6.07, 6.45) is -9.93. The molecule has 6 aromatic rings. The van der Waals surface area contributed by atoms with E-state index >= 15 is 0 Å². The van der Waals surface area contributed by atoms with Gasteiger partial charge in [0.05, 0.1) is 17.9 Å². The van der Waals surface area contributed by atoms with Crippen molar-refractivity contribution in [2.24, 2.45) is 0 Å². The zero-order valence-corrected chi connectivity index (χ0v) is 32.3. The first-order valence-electron chi connectivity index (χ1n) is 19.3. The van der Waals surface area contributed by atoms with E-state index in [2.05, 4.69) is 0 Å². The van der Waals surface area contributed by atoms with Crippen LogP contribution in [0.15, 0.2) is 78.9 Å². The number of phenols is 12. The van der Waals surface area contributed by atoms with Crippen LogP contribution in [0.25, 0.3) is 0 Å². The summed E-state index contributed by atoms with van der Waals surface area (Å²) in [5.74, 6) is -11.5. The van der Waals surface area contributed by atoms with E-state index < -0.39 is 123 Å². The van der Waals surface area contributed by atoms with Crippen molar-refractivity contribution < 1.29 is 90.8 Å². The second kappa shape index (κ2) is 14.7. The maximum Gasteiger partial charge on any atom is 0.157 e. The Morgan fingerprint density at radius 2 is 0.778 bits per heavy atom. The summed E-state index contributed by atoms with van der Waals surface area (Å²) in [6, 6.07) is 14.4. The molecule has 63 heavy (non-hydrogen) atoms. The number of rotatable bonds is 5. The van der Waals surface area contributed by atoms with Crippen molar-refractivity contribution in [3.63, 3.8) is 0 Å². The Balaban J connectivity index is 1.31. The van der Waals surface area contributed by atoms with Gasteiger partial charge in [-0.05, 0) is 53.1 Å². The smallest absolute Gasteiger partial charge is 0.157 e. The molecular weight excluding hydrogens is 828 g/mol. The van der Waals surface area contributed by atoms with Crippen LogP contribution in [0.3, 0.4) is 0 Å². The third kappa shape index (κ3) is 6.46. The fourth-order valence-corrected chi connectivity index (χ4v) is 8.94. The van der Waals surface area contributed by atoms with Gasteiger partial charge in [0, 0.05) is 58.5 Å². The maximum absolute atomic E-state index is 12.5. The Kier molecular flexibility index (Phi) is 9.46. The van der Waals surface area contributed by atoms with Gasteiger partial charge in [0.2, 0.25) is 0 Å². The van der Waals surface area contributed by atoms with E-state index in [-0.39, 0.29) is 62.4 Å². The summed E-state index contributed by atoms with van der Waals surface area (Å²) in [6.45, 7) is 0. The highest BCUT2D eigenvalue weighted by molar-refractivity contribution is 5.70. The van der Waals surface area contributed by atoms with Crippen molar-refractivity contribution in [1.82, 2.24) is 0 Å². The minimum Gasteiger partial charge on any atom is -0.508 e. The number of phenolic OH excluding ortho intramolecular Hbond substituents is 12. The van der Waals surface area contributed by atoms with Gasteiger partial charge in [-0.1, -0.05) is 18.2 Å². The first-order valence-corrected chi connectivity index (χ1v) is 19.3. The molecule has 0 aromatic heterocycles. The average Bonchev–Trinajstić information content (AvgIpc) is 3.22. The van der Waals surface area contributed by atoms with Crippen LogP contribution in [0.5, 0.6) is 86.2 Å². The number of aliphatic hydroxyl groups is 3. The fraction of sp³-hybridized carbons (Fsp3) is 0.200. The summed E-state index contributed by atoms with van der Waals surface area (Å²) in [7, 11) is 0. The third-order valence-electron chi connectivity index (χ3n) is 11.8. The molecule has 0 aliphatic carbocycles. The Hall–Kier alpha value is -7.80. The molecule has 6 aromatic carbocycles. The van der Waals surface area contributed by atoms with E-state index in [9.17, 15) is 76.6 Å². The zero-order valence-electron chi connectivity index (χ0n) is 32.3. The molecule has 8 atom stereocenters. The summed E-state index contributed by atoms with van der Waals surface area (Å²) < 4.78 is 18.9. The third-order valence-corrected chi connectivity index (χ3v) is 11.8. The van der Waals surface area contributed by atoms with Crippen molar-refractivity contribution >= 4 is 0 Å². The van der Waals surface area contributed by atoms with Crippen LogP contribution >= 0.6 is 0 Å². The number of benzene rings is 6. The first-order chi connectivity index (χ1) is 29.9. The molecule has 0 unspecified atom stereocenters. The molecule has 0 saturated carbocycles. The van der Waals surface area contributed by atoms with E-state index in [1.165, 1.54) is 18.2 Å². The van der Waals surface area contributed by atoms with E-state index in [1.54, 1.807) is 0 Å². The highest BCUT2D eigenvalue weighted by Gasteiger charge is 2.51. The summed E-state index contributed by atoms with van der Waals surface area (Å²) in [5.41, 5.74) is -1.10. The Labute approximate surface area is 354 Å². The maximum atomic E-state index is 12.5. The summed E-state index contributed by atoms with van der Waals surface area (Å²) in [5, 5.41) is 166. The number of aliphatic hydroxyl groups excluding tert-OH is 3. The van der Waals surface area contributed by atoms with Crippen LogP contribution in [-0.4, -0.2) is 94.9 Å². The molecule has 15 N–H and O–H groups in total. The number of hydrogen-bond acceptors (Lipinski definition) is 18. The minimum absolute atomic E-state index is 0.0127. The Morgan fingerprint density at radius 1 is 0.365 bits per heavy atom. The van der Waals surface area contributed by atoms with Gasteiger partial charge >= 0.3 is 0 Å². The topological polar surface area (TPSA) is 331 Å². The average molecular weight is 867 g/mol. The van der Waals surface area contributed by atoms with Crippen molar-refractivity contribution in [3.05, 3.63) is 123 Å². The van der Waals surface area contributed by atoms with Gasteiger partial charge in [0.1, 0.15) is 70.1 Å². The van der Waals surface area contributed by atoms with Crippen LogP contribution in [0.2, 0.25) is 0 Å².